The van der Waals surface area contributed by atoms with Crippen LogP contribution in [0.4, 0.5) is 17.6 Å². The van der Waals surface area contributed by atoms with Gasteiger partial charge in [-0.3, -0.25) is 0 Å². The van der Waals surface area contributed by atoms with Crippen molar-refractivity contribution in [1.29, 1.82) is 0 Å². The Hall–Kier alpha value is -4.01. The van der Waals surface area contributed by atoms with E-state index in [0.717, 1.165) is 43.4 Å². The highest BCUT2D eigenvalue weighted by atomic mass is 19.4. The predicted molar refractivity (Wildman–Crippen MR) is 126 cm³/mol. The molecule has 186 valence electrons. The molecule has 0 aliphatic rings. The van der Waals surface area contributed by atoms with Gasteiger partial charge < -0.3 is 9.15 Å². The molecule has 0 fully saturated rings. The molecule has 2 aromatic carbocycles. The molecule has 0 amide bonds. The Kier molecular flexibility index (Phi) is 8.10. The summed E-state index contributed by atoms with van der Waals surface area (Å²) < 4.78 is 63.0. The Labute approximate surface area is 205 Å². The lowest BCUT2D eigenvalue weighted by molar-refractivity contribution is -0.137. The molecule has 9 heteroatoms. The molecule has 5 nitrogen and oxygen atoms in total. The van der Waals surface area contributed by atoms with Crippen LogP contribution in [0.25, 0.3) is 12.2 Å². The van der Waals surface area contributed by atoms with Gasteiger partial charge in [0.1, 0.15) is 36.5 Å². The smallest absolute Gasteiger partial charge is 0.416 e. The minimum atomic E-state index is -4.60. The number of halogens is 4. The van der Waals surface area contributed by atoms with E-state index in [2.05, 4.69) is 15.0 Å². The lowest BCUT2D eigenvalue weighted by atomic mass is 10.1. The zero-order valence-electron chi connectivity index (χ0n) is 19.2. The highest BCUT2D eigenvalue weighted by molar-refractivity contribution is 5.66. The Bertz CT molecular complexity index is 1290. The van der Waals surface area contributed by atoms with Gasteiger partial charge in [0.05, 0.1) is 5.56 Å². The number of ether oxygens (including phenoxy) is 1. The summed E-state index contributed by atoms with van der Waals surface area (Å²) in [5.74, 6) is -0.108. The lowest BCUT2D eigenvalue weighted by Crippen LogP contribution is -2.05. The van der Waals surface area contributed by atoms with Crippen molar-refractivity contribution in [3.63, 3.8) is 0 Å². The number of hydrogen-bond donors (Lipinski definition) is 0. The van der Waals surface area contributed by atoms with Crippen LogP contribution in [0, 0.1) is 5.82 Å². The number of alkyl halides is 3. The van der Waals surface area contributed by atoms with Crippen molar-refractivity contribution in [2.75, 3.05) is 0 Å². The van der Waals surface area contributed by atoms with E-state index >= 15 is 0 Å². The summed E-state index contributed by atoms with van der Waals surface area (Å²) in [5.41, 5.74) is 1.83. The summed E-state index contributed by atoms with van der Waals surface area (Å²) in [6.45, 7) is 0.171. The quantitative estimate of drug-likeness (QED) is 0.176. The normalized spacial score (nSPS) is 11.8. The van der Waals surface area contributed by atoms with Crippen molar-refractivity contribution in [3.8, 4) is 5.75 Å². The van der Waals surface area contributed by atoms with E-state index in [9.17, 15) is 17.6 Å². The van der Waals surface area contributed by atoms with Gasteiger partial charge in [-0.15, -0.1) is 0 Å². The molecule has 2 aromatic heterocycles. The topological polar surface area (TPSA) is 61.0 Å². The van der Waals surface area contributed by atoms with E-state index < -0.39 is 17.6 Å². The van der Waals surface area contributed by atoms with E-state index in [1.165, 1.54) is 30.3 Å². The first-order valence-corrected chi connectivity index (χ1v) is 11.3. The Morgan fingerprint density at radius 3 is 2.31 bits per heavy atom. The van der Waals surface area contributed by atoms with Crippen LogP contribution in [0.5, 0.6) is 5.75 Å². The van der Waals surface area contributed by atoms with Gasteiger partial charge in [0.2, 0.25) is 5.89 Å². The van der Waals surface area contributed by atoms with E-state index in [4.69, 9.17) is 9.15 Å². The third kappa shape index (κ3) is 7.24. The summed E-state index contributed by atoms with van der Waals surface area (Å²) in [6, 6.07) is 10.2. The molecule has 2 heterocycles. The molecule has 0 radical (unpaired) electrons. The Morgan fingerprint density at radius 2 is 1.61 bits per heavy atom. The molecule has 0 aliphatic heterocycles. The summed E-state index contributed by atoms with van der Waals surface area (Å²) in [7, 11) is 0. The summed E-state index contributed by atoms with van der Waals surface area (Å²) in [6.07, 6.45) is 8.74. The first-order valence-electron chi connectivity index (χ1n) is 11.3. The zero-order valence-corrected chi connectivity index (χ0v) is 19.2. The van der Waals surface area contributed by atoms with Crippen LogP contribution in [0.1, 0.15) is 46.7 Å². The van der Waals surface area contributed by atoms with Crippen molar-refractivity contribution >= 4 is 12.2 Å². The standard InChI is InChI=1S/C27H23F4N3O2/c28-25-13-22(27(29,30)31)9-7-21(25)8-12-26-34-23(17-36-26)16-35-24-10-5-19(6-11-24)3-1-2-4-20-14-32-18-33-15-20/h5-15,17-18H,1-4,16H2. The second-order valence-corrected chi connectivity index (χ2v) is 8.13. The van der Waals surface area contributed by atoms with Crippen LogP contribution in [-0.4, -0.2) is 15.0 Å². The number of nitrogens with zero attached hydrogens (tertiary/aromatic N) is 3. The van der Waals surface area contributed by atoms with Crippen LogP contribution in [0.3, 0.4) is 0 Å². The van der Waals surface area contributed by atoms with Gasteiger partial charge in [-0.2, -0.15) is 13.2 Å². The van der Waals surface area contributed by atoms with Gasteiger partial charge in [0, 0.05) is 24.0 Å². The van der Waals surface area contributed by atoms with E-state index in [1.807, 2.05) is 36.7 Å². The maximum atomic E-state index is 14.0. The molecule has 4 rings (SSSR count). The predicted octanol–water partition coefficient (Wildman–Crippen LogP) is 6.94. The molecule has 0 saturated carbocycles. The fourth-order valence-corrected chi connectivity index (χ4v) is 3.49. The number of aromatic nitrogens is 3. The van der Waals surface area contributed by atoms with Crippen molar-refractivity contribution in [3.05, 3.63) is 107 Å². The third-order valence-electron chi connectivity index (χ3n) is 5.41. The molecule has 36 heavy (non-hydrogen) atoms. The largest absolute Gasteiger partial charge is 0.487 e. The lowest BCUT2D eigenvalue weighted by Gasteiger charge is -2.07. The second-order valence-electron chi connectivity index (χ2n) is 8.13. The average Bonchev–Trinajstić information content (AvgIpc) is 3.33. The Balaban J connectivity index is 1.23. The fourth-order valence-electron chi connectivity index (χ4n) is 3.49. The maximum Gasteiger partial charge on any atom is 0.416 e. The summed E-state index contributed by atoms with van der Waals surface area (Å²) in [4.78, 5) is 12.3. The molecule has 0 atom stereocenters. The van der Waals surface area contributed by atoms with Gasteiger partial charge >= 0.3 is 6.18 Å². The van der Waals surface area contributed by atoms with Gasteiger partial charge in [-0.1, -0.05) is 18.2 Å². The SMILES string of the molecule is Fc1cc(C(F)(F)F)ccc1C=Cc1nc(COc2ccc(CCCCc3cncnc3)cc2)co1. The highest BCUT2D eigenvalue weighted by Gasteiger charge is 2.30. The van der Waals surface area contributed by atoms with Crippen LogP contribution < -0.4 is 4.74 Å². The van der Waals surface area contributed by atoms with Gasteiger partial charge in [-0.05, 0) is 67.2 Å². The molecule has 0 spiro atoms. The van der Waals surface area contributed by atoms with Crippen LogP contribution in [0.2, 0.25) is 0 Å². The number of hydrogen-bond acceptors (Lipinski definition) is 5. The first kappa shape index (κ1) is 25.1. The average molecular weight is 497 g/mol. The number of aryl methyl sites for hydroxylation is 2. The Morgan fingerprint density at radius 1 is 0.889 bits per heavy atom. The molecule has 0 bridgehead atoms. The molecule has 0 unspecified atom stereocenters. The van der Waals surface area contributed by atoms with Crippen molar-refractivity contribution < 1.29 is 26.7 Å². The molecular weight excluding hydrogens is 474 g/mol. The van der Waals surface area contributed by atoms with Gasteiger partial charge in [-0.25, -0.2) is 19.3 Å². The summed E-state index contributed by atoms with van der Waals surface area (Å²) >= 11 is 0. The van der Waals surface area contributed by atoms with Crippen molar-refractivity contribution in [1.82, 2.24) is 15.0 Å². The number of oxazole rings is 1. The molecule has 0 saturated heterocycles. The summed E-state index contributed by atoms with van der Waals surface area (Å²) in [5, 5.41) is 0. The first-order chi connectivity index (χ1) is 17.4. The van der Waals surface area contributed by atoms with Crippen LogP contribution in [0.15, 0.2) is 71.9 Å². The zero-order chi connectivity index (χ0) is 25.4. The number of unbranched alkanes of at least 4 members (excludes halogenated alkanes) is 1. The molecule has 0 N–H and O–H groups in total. The molecular formula is C27H23F4N3O2. The molecule has 4 aromatic rings. The van der Waals surface area contributed by atoms with Crippen LogP contribution in [-0.2, 0) is 25.6 Å². The van der Waals surface area contributed by atoms with Crippen LogP contribution >= 0.6 is 0 Å². The third-order valence-corrected chi connectivity index (χ3v) is 5.41. The maximum absolute atomic E-state index is 14.0. The van der Waals surface area contributed by atoms with Gasteiger partial charge in [0.15, 0.2) is 0 Å². The van der Waals surface area contributed by atoms with E-state index in [1.54, 1.807) is 0 Å². The van der Waals surface area contributed by atoms with Crippen molar-refractivity contribution in [2.24, 2.45) is 0 Å². The monoisotopic (exact) mass is 497 g/mol. The minimum Gasteiger partial charge on any atom is -0.487 e. The second kappa shape index (κ2) is 11.6. The fraction of sp³-hybridized carbons (Fsp3) is 0.222. The van der Waals surface area contributed by atoms with E-state index in [0.29, 0.717) is 17.5 Å². The van der Waals surface area contributed by atoms with Gasteiger partial charge in [0.25, 0.3) is 0 Å². The number of rotatable bonds is 10. The van der Waals surface area contributed by atoms with Crippen molar-refractivity contribution in [2.45, 2.75) is 38.5 Å². The molecule has 0 aliphatic carbocycles. The minimum absolute atomic E-state index is 0.00632. The number of benzene rings is 2. The van der Waals surface area contributed by atoms with E-state index in [-0.39, 0.29) is 18.1 Å². The highest BCUT2D eigenvalue weighted by Crippen LogP contribution is 2.30.